The van der Waals surface area contributed by atoms with Crippen molar-refractivity contribution in [3.8, 4) is 6.07 Å². The largest absolute Gasteiger partial charge is 0.269 e. The zero-order valence-electron chi connectivity index (χ0n) is 15.8. The molecule has 1 aliphatic heterocycles. The molecule has 0 spiro atoms. The predicted molar refractivity (Wildman–Crippen MR) is 108 cm³/mol. The van der Waals surface area contributed by atoms with Crippen LogP contribution in [-0.2, 0) is 11.3 Å². The lowest BCUT2D eigenvalue weighted by Crippen LogP contribution is -2.28. The van der Waals surface area contributed by atoms with Gasteiger partial charge >= 0.3 is 0 Å². The third-order valence-corrected chi connectivity index (χ3v) is 4.88. The van der Waals surface area contributed by atoms with Crippen molar-refractivity contribution in [2.75, 3.05) is 0 Å². The minimum atomic E-state index is -0.239. The number of rotatable bonds is 6. The summed E-state index contributed by atoms with van der Waals surface area (Å²) in [6, 6.07) is 7.38. The average Bonchev–Trinajstić information content (AvgIpc) is 3.40. The Labute approximate surface area is 167 Å². The SMILES string of the molecule is C=C(CCCn1ncc2cc(C#N)ccc21)C(=O)N1N=CCC1c1cnccn1. The highest BCUT2D eigenvalue weighted by atomic mass is 16.2. The molecule has 3 aromatic rings. The molecule has 8 nitrogen and oxygen atoms in total. The van der Waals surface area contributed by atoms with Crippen molar-refractivity contribution >= 4 is 23.0 Å². The van der Waals surface area contributed by atoms with Crippen molar-refractivity contribution < 1.29 is 4.79 Å². The molecule has 1 aromatic carbocycles. The van der Waals surface area contributed by atoms with Crippen molar-refractivity contribution in [3.05, 3.63) is 66.4 Å². The van der Waals surface area contributed by atoms with E-state index in [1.165, 1.54) is 5.01 Å². The van der Waals surface area contributed by atoms with Crippen LogP contribution in [-0.4, -0.2) is 36.9 Å². The van der Waals surface area contributed by atoms with Crippen LogP contribution in [0.1, 0.15) is 36.6 Å². The lowest BCUT2D eigenvalue weighted by molar-refractivity contribution is -0.129. The van der Waals surface area contributed by atoms with E-state index in [0.717, 1.165) is 10.9 Å². The van der Waals surface area contributed by atoms with Crippen molar-refractivity contribution in [3.63, 3.8) is 0 Å². The van der Waals surface area contributed by atoms with Gasteiger partial charge in [-0.05, 0) is 31.0 Å². The van der Waals surface area contributed by atoms with Crippen LogP contribution < -0.4 is 0 Å². The van der Waals surface area contributed by atoms with Crippen molar-refractivity contribution in [1.82, 2.24) is 24.8 Å². The van der Waals surface area contributed by atoms with E-state index in [1.807, 2.05) is 16.8 Å². The number of nitrogens with zero attached hydrogens (tertiary/aromatic N) is 7. The second-order valence-electron chi connectivity index (χ2n) is 6.79. The molecule has 0 aliphatic carbocycles. The van der Waals surface area contributed by atoms with Crippen LogP contribution in [0.25, 0.3) is 10.9 Å². The van der Waals surface area contributed by atoms with Gasteiger partial charge in [0.05, 0.1) is 35.2 Å². The zero-order chi connectivity index (χ0) is 20.2. The summed E-state index contributed by atoms with van der Waals surface area (Å²) in [6.45, 7) is 4.62. The van der Waals surface area contributed by atoms with Gasteiger partial charge in [-0.15, -0.1) is 0 Å². The van der Waals surface area contributed by atoms with Crippen LogP contribution in [0.3, 0.4) is 0 Å². The van der Waals surface area contributed by atoms with Crippen LogP contribution in [0.4, 0.5) is 0 Å². The summed E-state index contributed by atoms with van der Waals surface area (Å²) in [5, 5.41) is 20.0. The second kappa shape index (κ2) is 8.02. The second-order valence-corrected chi connectivity index (χ2v) is 6.79. The van der Waals surface area contributed by atoms with E-state index < -0.39 is 0 Å². The normalized spacial score (nSPS) is 15.6. The minimum Gasteiger partial charge on any atom is -0.268 e. The van der Waals surface area contributed by atoms with Crippen molar-refractivity contribution in [1.29, 1.82) is 5.26 Å². The maximum Gasteiger partial charge on any atom is 0.269 e. The molecule has 0 bridgehead atoms. The Hall–Kier alpha value is -3.86. The molecule has 0 N–H and O–H groups in total. The molecule has 0 radical (unpaired) electrons. The van der Waals surface area contributed by atoms with Crippen LogP contribution in [0, 0.1) is 11.3 Å². The van der Waals surface area contributed by atoms with Gasteiger partial charge in [0, 0.05) is 42.5 Å². The fraction of sp³-hybridized carbons (Fsp3) is 0.238. The number of carbonyl (C=O) groups is 1. The lowest BCUT2D eigenvalue weighted by Gasteiger charge is -2.22. The maximum atomic E-state index is 12.8. The van der Waals surface area contributed by atoms with Crippen molar-refractivity contribution in [2.24, 2.45) is 5.10 Å². The predicted octanol–water partition coefficient (Wildman–Crippen LogP) is 2.99. The van der Waals surface area contributed by atoms with Gasteiger partial charge in [0.1, 0.15) is 6.04 Å². The molecule has 2 aromatic heterocycles. The number of hydrogen-bond donors (Lipinski definition) is 0. The lowest BCUT2D eigenvalue weighted by atomic mass is 10.1. The molecular weight excluding hydrogens is 366 g/mol. The molecule has 0 fully saturated rings. The summed E-state index contributed by atoms with van der Waals surface area (Å²) in [7, 11) is 0. The Balaban J connectivity index is 1.37. The zero-order valence-corrected chi connectivity index (χ0v) is 15.8. The van der Waals surface area contributed by atoms with E-state index in [4.69, 9.17) is 5.26 Å². The number of hydrogen-bond acceptors (Lipinski definition) is 6. The first kappa shape index (κ1) is 18.5. The molecule has 1 atom stereocenters. The number of aromatic nitrogens is 4. The molecule has 1 amide bonds. The van der Waals surface area contributed by atoms with E-state index in [-0.39, 0.29) is 11.9 Å². The number of fused-ring (bicyclic) bond motifs is 1. The van der Waals surface area contributed by atoms with E-state index >= 15 is 0 Å². The van der Waals surface area contributed by atoms with E-state index in [1.54, 1.807) is 37.1 Å². The molecule has 3 heterocycles. The Bertz CT molecular complexity index is 1130. The van der Waals surface area contributed by atoms with Crippen LogP contribution in [0.2, 0.25) is 0 Å². The Kier molecular flexibility index (Phi) is 5.12. The monoisotopic (exact) mass is 385 g/mol. The summed E-state index contributed by atoms with van der Waals surface area (Å²) in [5.41, 5.74) is 2.79. The molecule has 1 unspecified atom stereocenters. The molecule has 8 heteroatoms. The first-order valence-corrected chi connectivity index (χ1v) is 9.32. The van der Waals surface area contributed by atoms with E-state index in [0.29, 0.717) is 42.6 Å². The third kappa shape index (κ3) is 3.75. The Morgan fingerprint density at radius 3 is 3.00 bits per heavy atom. The van der Waals surface area contributed by atoms with Gasteiger partial charge in [-0.3, -0.25) is 19.4 Å². The number of nitriles is 1. The highest BCUT2D eigenvalue weighted by molar-refractivity contribution is 5.94. The summed E-state index contributed by atoms with van der Waals surface area (Å²) in [4.78, 5) is 21.2. The molecule has 4 rings (SSSR count). The molecular formula is C21H19N7O. The fourth-order valence-corrected chi connectivity index (χ4v) is 3.38. The van der Waals surface area contributed by atoms with Gasteiger partial charge < -0.3 is 0 Å². The van der Waals surface area contributed by atoms with Crippen molar-refractivity contribution in [2.45, 2.75) is 31.8 Å². The van der Waals surface area contributed by atoms with Gasteiger partial charge in [-0.25, -0.2) is 5.01 Å². The maximum absolute atomic E-state index is 12.8. The fourth-order valence-electron chi connectivity index (χ4n) is 3.38. The first-order valence-electron chi connectivity index (χ1n) is 9.32. The van der Waals surface area contributed by atoms with Gasteiger partial charge in [0.2, 0.25) is 0 Å². The Morgan fingerprint density at radius 1 is 1.31 bits per heavy atom. The molecule has 144 valence electrons. The molecule has 0 saturated heterocycles. The minimum absolute atomic E-state index is 0.196. The summed E-state index contributed by atoms with van der Waals surface area (Å²) in [5.74, 6) is -0.196. The van der Waals surface area contributed by atoms with Gasteiger partial charge in [-0.2, -0.15) is 15.5 Å². The highest BCUT2D eigenvalue weighted by Gasteiger charge is 2.30. The number of carbonyl (C=O) groups excluding carboxylic acids is 1. The number of benzene rings is 1. The highest BCUT2D eigenvalue weighted by Crippen LogP contribution is 2.28. The quantitative estimate of drug-likeness (QED) is 0.607. The molecule has 29 heavy (non-hydrogen) atoms. The Morgan fingerprint density at radius 2 is 2.21 bits per heavy atom. The van der Waals surface area contributed by atoms with Crippen LogP contribution in [0.15, 0.2) is 60.2 Å². The van der Waals surface area contributed by atoms with Gasteiger partial charge in [0.25, 0.3) is 5.91 Å². The first-order chi connectivity index (χ1) is 14.2. The summed E-state index contributed by atoms with van der Waals surface area (Å²) >= 11 is 0. The topological polar surface area (TPSA) is 100 Å². The standard InChI is InChI=1S/C21H19N7O/c1-15(21(29)28-20(6-7-25-28)18-14-23-8-9-24-18)3-2-10-27-19-5-4-16(12-22)11-17(19)13-26-27/h4-5,7-9,11,13-14,20H,1-3,6,10H2. The van der Waals surface area contributed by atoms with E-state index in [2.05, 4.69) is 32.8 Å². The number of amides is 1. The third-order valence-electron chi connectivity index (χ3n) is 4.88. The van der Waals surface area contributed by atoms with Crippen LogP contribution >= 0.6 is 0 Å². The number of hydrazone groups is 1. The number of aryl methyl sites for hydroxylation is 1. The summed E-state index contributed by atoms with van der Waals surface area (Å²) in [6.07, 6.45) is 10.2. The summed E-state index contributed by atoms with van der Waals surface area (Å²) < 4.78 is 1.88. The van der Waals surface area contributed by atoms with E-state index in [9.17, 15) is 4.79 Å². The smallest absolute Gasteiger partial charge is 0.268 e. The molecule has 1 aliphatic rings. The van der Waals surface area contributed by atoms with Gasteiger partial charge in [0.15, 0.2) is 0 Å². The molecule has 0 saturated carbocycles. The van der Waals surface area contributed by atoms with Crippen LogP contribution in [0.5, 0.6) is 0 Å². The van der Waals surface area contributed by atoms with Gasteiger partial charge in [-0.1, -0.05) is 6.58 Å². The average molecular weight is 385 g/mol.